The zero-order valence-electron chi connectivity index (χ0n) is 15.0. The van der Waals surface area contributed by atoms with Crippen LogP contribution in [-0.4, -0.2) is 35.3 Å². The Bertz CT molecular complexity index is 753. The predicted molar refractivity (Wildman–Crippen MR) is 106 cm³/mol. The van der Waals surface area contributed by atoms with E-state index in [4.69, 9.17) is 0 Å². The Hall–Kier alpha value is -2.16. The number of rotatable bonds is 6. The van der Waals surface area contributed by atoms with Gasteiger partial charge in [0, 0.05) is 29.9 Å². The van der Waals surface area contributed by atoms with Crippen LogP contribution in [0.1, 0.15) is 40.9 Å². The number of hydrogen-bond donors (Lipinski definition) is 0. The molecule has 0 N–H and O–H groups in total. The minimum atomic E-state index is -0.248. The Kier molecular flexibility index (Phi) is 8.50. The van der Waals surface area contributed by atoms with E-state index < -0.39 is 0 Å². The highest BCUT2D eigenvalue weighted by atomic mass is 33.1. The van der Waals surface area contributed by atoms with E-state index in [1.165, 1.54) is 12.7 Å². The summed E-state index contributed by atoms with van der Waals surface area (Å²) in [7, 11) is 4.74. The van der Waals surface area contributed by atoms with Gasteiger partial charge in [0.05, 0.1) is 7.11 Å². The van der Waals surface area contributed by atoms with Gasteiger partial charge in [0.15, 0.2) is 0 Å². The molecule has 1 aliphatic heterocycles. The van der Waals surface area contributed by atoms with Gasteiger partial charge in [0.2, 0.25) is 0 Å². The van der Waals surface area contributed by atoms with Crippen molar-refractivity contribution >= 4 is 39.7 Å². The fourth-order valence-electron chi connectivity index (χ4n) is 2.18. The van der Waals surface area contributed by atoms with Crippen LogP contribution in [0.4, 0.5) is 0 Å². The van der Waals surface area contributed by atoms with Crippen LogP contribution in [0.25, 0.3) is 0 Å². The zero-order chi connectivity index (χ0) is 19.6. The predicted octanol–water partition coefficient (Wildman–Crippen LogP) is 4.09. The lowest BCUT2D eigenvalue weighted by molar-refractivity contribution is -0.179. The summed E-state index contributed by atoms with van der Waals surface area (Å²) in [5, 5.41) is 2.16. The molecule has 1 atom stereocenters. The highest BCUT2D eigenvalue weighted by Crippen LogP contribution is 2.41. The van der Waals surface area contributed by atoms with Gasteiger partial charge in [0.1, 0.15) is 11.3 Å². The van der Waals surface area contributed by atoms with Crippen LogP contribution in [0.2, 0.25) is 0 Å². The molecule has 6 nitrogen and oxygen atoms in total. The minimum absolute atomic E-state index is 0.248. The molecule has 1 unspecified atom stereocenters. The number of imide groups is 1. The van der Waals surface area contributed by atoms with Crippen molar-refractivity contribution in [2.24, 2.45) is 0 Å². The number of hydroxylamine groups is 2. The molecular formula is C19H20N2O4S2. The van der Waals surface area contributed by atoms with E-state index in [0.29, 0.717) is 10.8 Å². The summed E-state index contributed by atoms with van der Waals surface area (Å²) in [6.07, 6.45) is 3.23. The first-order valence-electron chi connectivity index (χ1n) is 8.24. The molecule has 0 radical (unpaired) electrons. The summed E-state index contributed by atoms with van der Waals surface area (Å²) in [5.74, 6) is -0.495. The average Bonchev–Trinajstić information content (AvgIpc) is 3.05. The Morgan fingerprint density at radius 2 is 1.78 bits per heavy atom. The Morgan fingerprint density at radius 1 is 1.11 bits per heavy atom. The van der Waals surface area contributed by atoms with Crippen LogP contribution in [0, 0.1) is 0 Å². The van der Waals surface area contributed by atoms with Crippen molar-refractivity contribution in [1.29, 1.82) is 0 Å². The van der Waals surface area contributed by atoms with Gasteiger partial charge in [-0.15, -0.1) is 0 Å². The summed E-state index contributed by atoms with van der Waals surface area (Å²) < 4.78 is 0. The maximum Gasteiger partial charge on any atom is 0.253 e. The maximum absolute atomic E-state index is 10.6. The number of hydrogen-bond acceptors (Lipinski definition) is 7. The first-order valence-corrected chi connectivity index (χ1v) is 10.5. The van der Waals surface area contributed by atoms with Crippen LogP contribution >= 0.6 is 21.6 Å². The Morgan fingerprint density at radius 3 is 2.26 bits per heavy atom. The monoisotopic (exact) mass is 404 g/mol. The average molecular weight is 405 g/mol. The molecule has 27 heavy (non-hydrogen) atoms. The number of aldehydes is 1. The summed E-state index contributed by atoms with van der Waals surface area (Å²) in [6, 6.07) is 13.6. The number of pyridine rings is 1. The summed E-state index contributed by atoms with van der Waals surface area (Å²) in [4.78, 5) is 40.5. The molecule has 1 aromatic heterocycles. The summed E-state index contributed by atoms with van der Waals surface area (Å²) >= 11 is 0. The minimum Gasteiger partial charge on any atom is -0.298 e. The largest absolute Gasteiger partial charge is 0.298 e. The molecular weight excluding hydrogens is 384 g/mol. The molecule has 0 saturated carbocycles. The van der Waals surface area contributed by atoms with Crippen LogP contribution in [0.3, 0.4) is 0 Å². The van der Waals surface area contributed by atoms with Gasteiger partial charge in [0.25, 0.3) is 11.8 Å². The van der Waals surface area contributed by atoms with Crippen molar-refractivity contribution in [1.82, 2.24) is 10.0 Å². The van der Waals surface area contributed by atoms with E-state index in [0.717, 1.165) is 16.4 Å². The Labute approximate surface area is 166 Å². The third-order valence-corrected chi connectivity index (χ3v) is 6.38. The van der Waals surface area contributed by atoms with Gasteiger partial charge >= 0.3 is 0 Å². The van der Waals surface area contributed by atoms with E-state index in [1.807, 2.05) is 42.5 Å². The number of benzene rings is 1. The molecule has 1 aliphatic rings. The fourth-order valence-corrected chi connectivity index (χ4v) is 4.29. The SMILES string of the molecule is CC(SSc1ccccn1)c1ccc(C=O)cc1.CON1C(=O)CCC1=O. The second kappa shape index (κ2) is 10.9. The molecule has 0 spiro atoms. The molecule has 8 heteroatoms. The second-order valence-corrected chi connectivity index (χ2v) is 8.10. The van der Waals surface area contributed by atoms with E-state index in [2.05, 4.69) is 16.7 Å². The summed E-state index contributed by atoms with van der Waals surface area (Å²) in [6.45, 7) is 2.15. The highest BCUT2D eigenvalue weighted by Gasteiger charge is 2.28. The van der Waals surface area contributed by atoms with Crippen molar-refractivity contribution in [2.75, 3.05) is 7.11 Å². The smallest absolute Gasteiger partial charge is 0.253 e. The lowest BCUT2D eigenvalue weighted by Gasteiger charge is -2.10. The van der Waals surface area contributed by atoms with Crippen molar-refractivity contribution in [3.63, 3.8) is 0 Å². The van der Waals surface area contributed by atoms with Gasteiger partial charge in [-0.05, 0) is 35.4 Å². The maximum atomic E-state index is 10.6. The van der Waals surface area contributed by atoms with E-state index in [9.17, 15) is 14.4 Å². The molecule has 2 aromatic rings. The molecule has 0 bridgehead atoms. The standard InChI is InChI=1S/C14H13NOS2.C5H7NO3/c1-11(13-7-5-12(10-16)6-8-13)17-18-14-4-2-3-9-15-14;1-9-6-4(7)2-3-5(6)8/h2-11H,1H3;2-3H2,1H3. The molecule has 1 fully saturated rings. The third-order valence-electron chi connectivity index (χ3n) is 3.65. The number of amides is 2. The normalized spacial score (nSPS) is 14.5. The van der Waals surface area contributed by atoms with Gasteiger partial charge in [-0.3, -0.25) is 19.2 Å². The lowest BCUT2D eigenvalue weighted by atomic mass is 10.1. The fraction of sp³-hybridized carbons (Fsp3) is 0.263. The molecule has 0 aliphatic carbocycles. The third kappa shape index (κ3) is 6.50. The number of aromatic nitrogens is 1. The quantitative estimate of drug-likeness (QED) is 0.408. The highest BCUT2D eigenvalue weighted by molar-refractivity contribution is 8.76. The number of carbonyl (C=O) groups excluding carboxylic acids is 3. The lowest BCUT2D eigenvalue weighted by Crippen LogP contribution is -2.27. The number of carbonyl (C=O) groups is 3. The van der Waals surface area contributed by atoms with Crippen LogP contribution in [0.15, 0.2) is 53.7 Å². The van der Waals surface area contributed by atoms with Crippen molar-refractivity contribution < 1.29 is 19.2 Å². The van der Waals surface area contributed by atoms with Crippen LogP contribution in [-0.2, 0) is 14.4 Å². The first kappa shape index (κ1) is 21.1. The molecule has 2 amide bonds. The second-order valence-electron chi connectivity index (χ2n) is 5.54. The molecule has 2 heterocycles. The molecule has 1 aromatic carbocycles. The van der Waals surface area contributed by atoms with Crippen LogP contribution < -0.4 is 0 Å². The van der Waals surface area contributed by atoms with E-state index in [-0.39, 0.29) is 24.7 Å². The molecule has 3 rings (SSSR count). The van der Waals surface area contributed by atoms with Crippen LogP contribution in [0.5, 0.6) is 0 Å². The van der Waals surface area contributed by atoms with E-state index >= 15 is 0 Å². The van der Waals surface area contributed by atoms with Gasteiger partial charge in [-0.25, -0.2) is 4.98 Å². The molecule has 142 valence electrons. The van der Waals surface area contributed by atoms with Crippen molar-refractivity contribution in [3.8, 4) is 0 Å². The van der Waals surface area contributed by atoms with E-state index in [1.54, 1.807) is 27.8 Å². The van der Waals surface area contributed by atoms with Gasteiger partial charge in [-0.1, -0.05) is 41.1 Å². The van der Waals surface area contributed by atoms with Crippen molar-refractivity contribution in [2.45, 2.75) is 30.0 Å². The van der Waals surface area contributed by atoms with Gasteiger partial charge in [-0.2, -0.15) is 5.06 Å². The van der Waals surface area contributed by atoms with Gasteiger partial charge < -0.3 is 0 Å². The molecule has 1 saturated heterocycles. The topological polar surface area (TPSA) is 76.6 Å². The van der Waals surface area contributed by atoms with Crippen molar-refractivity contribution in [3.05, 3.63) is 59.8 Å². The zero-order valence-corrected chi connectivity index (χ0v) is 16.7. The summed E-state index contributed by atoms with van der Waals surface area (Å²) in [5.41, 5.74) is 1.93. The first-order chi connectivity index (χ1) is 13.0. The number of nitrogens with zero attached hydrogens (tertiary/aromatic N) is 2. The Balaban J connectivity index is 0.000000244.